The van der Waals surface area contributed by atoms with Crippen LogP contribution in [-0.2, 0) is 0 Å². The average Bonchev–Trinajstić information content (AvgIpc) is 3.12. The third kappa shape index (κ3) is 4.15. The lowest BCUT2D eigenvalue weighted by atomic mass is 10.2. The second-order valence-corrected chi connectivity index (χ2v) is 5.96. The summed E-state index contributed by atoms with van der Waals surface area (Å²) in [6.07, 6.45) is 0. The Morgan fingerprint density at radius 1 is 1.15 bits per heavy atom. The number of rotatable bonds is 6. The molecule has 0 unspecified atom stereocenters. The van der Waals surface area contributed by atoms with Gasteiger partial charge in [-0.05, 0) is 12.1 Å². The molecule has 134 valence electrons. The number of carbonyl (C=O) groups is 1. The zero-order chi connectivity index (χ0) is 18.5. The first kappa shape index (κ1) is 17.8. The van der Waals surface area contributed by atoms with E-state index in [0.29, 0.717) is 10.7 Å². The van der Waals surface area contributed by atoms with E-state index in [0.717, 1.165) is 5.56 Å². The number of carbonyl (C=O) groups excluding carboxylic acids is 1. The van der Waals surface area contributed by atoms with Gasteiger partial charge in [0, 0.05) is 22.7 Å². The molecule has 5 nitrogen and oxygen atoms in total. The number of thiazole rings is 1. The molecule has 0 saturated heterocycles. The second-order valence-electron chi connectivity index (χ2n) is 5.10. The molecule has 3 aromatic rings. The third-order valence-electron chi connectivity index (χ3n) is 3.40. The molecule has 0 saturated carbocycles. The first-order valence-corrected chi connectivity index (χ1v) is 8.40. The predicted octanol–water partition coefficient (Wildman–Crippen LogP) is 4.67. The van der Waals surface area contributed by atoms with E-state index in [1.807, 2.05) is 30.3 Å². The molecule has 1 N–H and O–H groups in total. The van der Waals surface area contributed by atoms with E-state index in [2.05, 4.69) is 15.0 Å². The van der Waals surface area contributed by atoms with Crippen molar-refractivity contribution in [2.75, 3.05) is 12.4 Å². The average molecular weight is 376 g/mol. The van der Waals surface area contributed by atoms with Crippen molar-refractivity contribution in [3.63, 3.8) is 0 Å². The quantitative estimate of drug-likeness (QED) is 0.679. The Morgan fingerprint density at radius 2 is 1.92 bits per heavy atom. The maximum Gasteiger partial charge on any atom is 0.387 e. The normalized spacial score (nSPS) is 10.6. The SMILES string of the molecule is COc1ccc(NC(=O)c2csc(-c3ccccc3)n2)cc1OC(F)F. The first-order valence-electron chi connectivity index (χ1n) is 7.52. The summed E-state index contributed by atoms with van der Waals surface area (Å²) in [5.41, 5.74) is 1.44. The number of ether oxygens (including phenoxy) is 2. The van der Waals surface area contributed by atoms with Gasteiger partial charge >= 0.3 is 6.61 Å². The van der Waals surface area contributed by atoms with Crippen molar-refractivity contribution in [1.29, 1.82) is 0 Å². The van der Waals surface area contributed by atoms with Crippen LogP contribution in [0.4, 0.5) is 14.5 Å². The zero-order valence-corrected chi connectivity index (χ0v) is 14.4. The van der Waals surface area contributed by atoms with E-state index in [9.17, 15) is 13.6 Å². The fourth-order valence-electron chi connectivity index (χ4n) is 2.23. The van der Waals surface area contributed by atoms with Gasteiger partial charge in [-0.2, -0.15) is 8.78 Å². The molecule has 0 bridgehead atoms. The van der Waals surface area contributed by atoms with Gasteiger partial charge in [-0.15, -0.1) is 11.3 Å². The van der Waals surface area contributed by atoms with E-state index in [1.54, 1.807) is 5.38 Å². The lowest BCUT2D eigenvalue weighted by Gasteiger charge is -2.11. The van der Waals surface area contributed by atoms with Gasteiger partial charge in [0.2, 0.25) is 0 Å². The summed E-state index contributed by atoms with van der Waals surface area (Å²) in [4.78, 5) is 16.7. The van der Waals surface area contributed by atoms with Gasteiger partial charge in [0.25, 0.3) is 5.91 Å². The minimum atomic E-state index is -3.00. The fourth-order valence-corrected chi connectivity index (χ4v) is 3.04. The highest BCUT2D eigenvalue weighted by atomic mass is 32.1. The number of nitrogens with one attached hydrogen (secondary N) is 1. The topological polar surface area (TPSA) is 60.5 Å². The highest BCUT2D eigenvalue weighted by Gasteiger charge is 2.15. The van der Waals surface area contributed by atoms with E-state index in [1.165, 1.54) is 36.6 Å². The largest absolute Gasteiger partial charge is 0.493 e. The van der Waals surface area contributed by atoms with Crippen molar-refractivity contribution >= 4 is 22.9 Å². The van der Waals surface area contributed by atoms with Crippen LogP contribution in [0.3, 0.4) is 0 Å². The molecule has 0 aliphatic heterocycles. The summed E-state index contributed by atoms with van der Waals surface area (Å²) >= 11 is 1.34. The molecule has 8 heteroatoms. The van der Waals surface area contributed by atoms with E-state index < -0.39 is 12.5 Å². The van der Waals surface area contributed by atoms with Gasteiger partial charge in [0.15, 0.2) is 11.5 Å². The Hall–Kier alpha value is -3.00. The number of amides is 1. The maximum atomic E-state index is 12.5. The lowest BCUT2D eigenvalue weighted by molar-refractivity contribution is -0.0511. The van der Waals surface area contributed by atoms with Crippen molar-refractivity contribution in [1.82, 2.24) is 4.98 Å². The highest BCUT2D eigenvalue weighted by molar-refractivity contribution is 7.13. The van der Waals surface area contributed by atoms with Crippen LogP contribution in [0.5, 0.6) is 11.5 Å². The molecule has 3 rings (SSSR count). The smallest absolute Gasteiger partial charge is 0.387 e. The van der Waals surface area contributed by atoms with Gasteiger partial charge in [-0.3, -0.25) is 4.79 Å². The Balaban J connectivity index is 1.77. The van der Waals surface area contributed by atoms with Crippen molar-refractivity contribution in [2.45, 2.75) is 6.61 Å². The number of alkyl halides is 2. The Kier molecular flexibility index (Phi) is 5.43. The fraction of sp³-hybridized carbons (Fsp3) is 0.111. The summed E-state index contributed by atoms with van der Waals surface area (Å²) in [5, 5.41) is 4.96. The van der Waals surface area contributed by atoms with Crippen LogP contribution in [0, 0.1) is 0 Å². The van der Waals surface area contributed by atoms with Crippen LogP contribution in [-0.4, -0.2) is 24.6 Å². The molecule has 0 atom stereocenters. The van der Waals surface area contributed by atoms with Crippen molar-refractivity contribution in [3.8, 4) is 22.1 Å². The maximum absolute atomic E-state index is 12.5. The van der Waals surface area contributed by atoms with Gasteiger partial charge in [0.05, 0.1) is 7.11 Å². The molecule has 1 amide bonds. The summed E-state index contributed by atoms with van der Waals surface area (Å²) in [7, 11) is 1.34. The number of nitrogens with zero attached hydrogens (tertiary/aromatic N) is 1. The van der Waals surface area contributed by atoms with Gasteiger partial charge in [-0.25, -0.2) is 4.98 Å². The number of aromatic nitrogens is 1. The van der Waals surface area contributed by atoms with Crippen LogP contribution in [0.25, 0.3) is 10.6 Å². The summed E-state index contributed by atoms with van der Waals surface area (Å²) in [6, 6.07) is 13.7. The molecule has 0 aliphatic carbocycles. The number of benzene rings is 2. The molecule has 26 heavy (non-hydrogen) atoms. The Labute approximate surface area is 152 Å². The zero-order valence-electron chi connectivity index (χ0n) is 13.6. The number of methoxy groups -OCH3 is 1. The lowest BCUT2D eigenvalue weighted by Crippen LogP contribution is -2.12. The van der Waals surface area contributed by atoms with Crippen molar-refractivity contribution in [2.24, 2.45) is 0 Å². The first-order chi connectivity index (χ1) is 12.6. The Morgan fingerprint density at radius 3 is 2.62 bits per heavy atom. The minimum absolute atomic E-state index is 0.142. The number of halogens is 2. The third-order valence-corrected chi connectivity index (χ3v) is 4.29. The van der Waals surface area contributed by atoms with Crippen LogP contribution in [0.1, 0.15) is 10.5 Å². The molecule has 0 radical (unpaired) electrons. The summed E-state index contributed by atoms with van der Waals surface area (Å²) < 4.78 is 34.3. The predicted molar refractivity (Wildman–Crippen MR) is 95.1 cm³/mol. The van der Waals surface area contributed by atoms with E-state index in [4.69, 9.17) is 4.74 Å². The van der Waals surface area contributed by atoms with Gasteiger partial charge < -0.3 is 14.8 Å². The van der Waals surface area contributed by atoms with Crippen molar-refractivity contribution in [3.05, 3.63) is 59.6 Å². The van der Waals surface area contributed by atoms with E-state index >= 15 is 0 Å². The molecule has 0 spiro atoms. The number of anilines is 1. The highest BCUT2D eigenvalue weighted by Crippen LogP contribution is 2.32. The van der Waals surface area contributed by atoms with Gasteiger partial charge in [-0.1, -0.05) is 30.3 Å². The monoisotopic (exact) mass is 376 g/mol. The number of hydrogen-bond acceptors (Lipinski definition) is 5. The van der Waals surface area contributed by atoms with Crippen molar-refractivity contribution < 1.29 is 23.0 Å². The molecular formula is C18H14F2N2O3S. The molecule has 1 heterocycles. The molecular weight excluding hydrogens is 362 g/mol. The van der Waals surface area contributed by atoms with Crippen LogP contribution < -0.4 is 14.8 Å². The molecule has 1 aromatic heterocycles. The molecule has 0 fully saturated rings. The van der Waals surface area contributed by atoms with Gasteiger partial charge in [0.1, 0.15) is 10.7 Å². The minimum Gasteiger partial charge on any atom is -0.493 e. The second kappa shape index (κ2) is 7.92. The molecule has 2 aromatic carbocycles. The summed E-state index contributed by atoms with van der Waals surface area (Å²) in [5.74, 6) is -0.469. The van der Waals surface area contributed by atoms with Crippen LogP contribution >= 0.6 is 11.3 Å². The standard InChI is InChI=1S/C18H14F2N2O3S/c1-24-14-8-7-12(9-15(14)25-18(19)20)21-16(23)13-10-26-17(22-13)11-5-3-2-4-6-11/h2-10,18H,1H3,(H,21,23). The van der Waals surface area contributed by atoms with E-state index in [-0.39, 0.29) is 17.2 Å². The van der Waals surface area contributed by atoms with Crippen LogP contribution in [0.15, 0.2) is 53.9 Å². The molecule has 0 aliphatic rings. The summed E-state index contributed by atoms with van der Waals surface area (Å²) in [6.45, 7) is -3.00. The number of hydrogen-bond donors (Lipinski definition) is 1. The van der Waals surface area contributed by atoms with Crippen LogP contribution in [0.2, 0.25) is 0 Å². The Bertz CT molecular complexity index is 900.